The maximum atomic E-state index is 12.4. The molecule has 1 amide bonds. The third-order valence-corrected chi connectivity index (χ3v) is 3.53. The number of hydrogen-bond donors (Lipinski definition) is 1. The Labute approximate surface area is 103 Å². The molecule has 0 radical (unpaired) electrons. The molecule has 0 spiro atoms. The summed E-state index contributed by atoms with van der Waals surface area (Å²) in [7, 11) is 1.59. The molecule has 0 atom stereocenters. The molecule has 1 rings (SSSR count). The van der Waals surface area contributed by atoms with Crippen LogP contribution < -0.4 is 0 Å². The van der Waals surface area contributed by atoms with Crippen LogP contribution in [0.1, 0.15) is 46.0 Å². The van der Waals surface area contributed by atoms with Crippen molar-refractivity contribution in [2.75, 3.05) is 13.6 Å². The van der Waals surface area contributed by atoms with Gasteiger partial charge in [-0.25, -0.2) is 0 Å². The van der Waals surface area contributed by atoms with E-state index in [0.29, 0.717) is 5.92 Å². The first-order valence-electron chi connectivity index (χ1n) is 6.35. The van der Waals surface area contributed by atoms with Gasteiger partial charge in [-0.2, -0.15) is 0 Å². The van der Waals surface area contributed by atoms with Gasteiger partial charge >= 0.3 is 5.97 Å². The Balaban J connectivity index is 2.76. The molecule has 1 fully saturated rings. The number of carbonyl (C=O) groups excluding carboxylic acids is 1. The van der Waals surface area contributed by atoms with Crippen molar-refractivity contribution >= 4 is 11.9 Å². The topological polar surface area (TPSA) is 57.6 Å². The van der Waals surface area contributed by atoms with Crippen LogP contribution in [0, 0.1) is 11.3 Å². The van der Waals surface area contributed by atoms with Gasteiger partial charge in [-0.15, -0.1) is 0 Å². The molecular formula is C13H23NO3. The average Bonchev–Trinajstić information content (AvgIpc) is 2.64. The summed E-state index contributed by atoms with van der Waals surface area (Å²) in [5.74, 6) is -0.458. The number of hydrogen-bond acceptors (Lipinski definition) is 2. The highest BCUT2D eigenvalue weighted by Gasteiger charge is 2.43. The Bertz CT molecular complexity index is 293. The highest BCUT2D eigenvalue weighted by Crippen LogP contribution is 2.44. The summed E-state index contributed by atoms with van der Waals surface area (Å²) >= 11 is 0. The zero-order valence-corrected chi connectivity index (χ0v) is 11.0. The summed E-state index contributed by atoms with van der Waals surface area (Å²) in [4.78, 5) is 24.4. The zero-order chi connectivity index (χ0) is 13.1. The summed E-state index contributed by atoms with van der Waals surface area (Å²) in [5, 5.41) is 8.75. The normalized spacial score (nSPS) is 18.4. The number of carboxylic acid groups (broad SMARTS) is 1. The maximum absolute atomic E-state index is 12.4. The predicted octanol–water partition coefficient (Wildman–Crippen LogP) is 2.14. The molecule has 0 unspecified atom stereocenters. The Hall–Kier alpha value is -1.06. The molecule has 4 nitrogen and oxygen atoms in total. The van der Waals surface area contributed by atoms with Crippen LogP contribution in [-0.2, 0) is 9.59 Å². The van der Waals surface area contributed by atoms with Gasteiger partial charge < -0.3 is 10.0 Å². The standard InChI is InChI=1S/C13H23NO3/c1-10(2)8-13(6-4-5-7-13)12(17)14(3)9-11(15)16/h10H,4-9H2,1-3H3,(H,15,16). The van der Waals surface area contributed by atoms with Crippen LogP contribution in [0.5, 0.6) is 0 Å². The maximum Gasteiger partial charge on any atom is 0.323 e. The van der Waals surface area contributed by atoms with Crippen LogP contribution in [-0.4, -0.2) is 35.5 Å². The van der Waals surface area contributed by atoms with Gasteiger partial charge in [0.1, 0.15) is 6.54 Å². The van der Waals surface area contributed by atoms with Gasteiger partial charge in [0.25, 0.3) is 0 Å². The molecule has 1 aliphatic carbocycles. The molecule has 0 aliphatic heterocycles. The van der Waals surface area contributed by atoms with Crippen LogP contribution >= 0.6 is 0 Å². The summed E-state index contributed by atoms with van der Waals surface area (Å²) < 4.78 is 0. The lowest BCUT2D eigenvalue weighted by atomic mass is 9.77. The van der Waals surface area contributed by atoms with E-state index in [1.807, 2.05) is 0 Å². The first kappa shape index (κ1) is 14.0. The van der Waals surface area contributed by atoms with Gasteiger partial charge in [-0.3, -0.25) is 9.59 Å². The first-order valence-corrected chi connectivity index (χ1v) is 6.35. The van der Waals surface area contributed by atoms with Gasteiger partial charge in [-0.05, 0) is 25.2 Å². The fourth-order valence-electron chi connectivity index (χ4n) is 3.02. The molecule has 4 heteroatoms. The quantitative estimate of drug-likeness (QED) is 0.802. The van der Waals surface area contributed by atoms with E-state index in [-0.39, 0.29) is 17.9 Å². The van der Waals surface area contributed by atoms with Gasteiger partial charge in [0.05, 0.1) is 0 Å². The Morgan fingerprint density at radius 1 is 1.29 bits per heavy atom. The van der Waals surface area contributed by atoms with Crippen molar-refractivity contribution < 1.29 is 14.7 Å². The summed E-state index contributed by atoms with van der Waals surface area (Å²) in [6.45, 7) is 4.04. The molecule has 0 aromatic carbocycles. The number of carboxylic acids is 1. The van der Waals surface area contributed by atoms with E-state index < -0.39 is 5.97 Å². The summed E-state index contributed by atoms with van der Waals surface area (Å²) in [5.41, 5.74) is -0.293. The molecular weight excluding hydrogens is 218 g/mol. The molecule has 17 heavy (non-hydrogen) atoms. The van der Waals surface area contributed by atoms with E-state index in [4.69, 9.17) is 5.11 Å². The monoisotopic (exact) mass is 241 g/mol. The molecule has 98 valence electrons. The van der Waals surface area contributed by atoms with Crippen molar-refractivity contribution in [3.8, 4) is 0 Å². The van der Waals surface area contributed by atoms with Crippen LogP contribution in [0.2, 0.25) is 0 Å². The minimum atomic E-state index is -0.946. The van der Waals surface area contributed by atoms with Gasteiger partial charge in [0.15, 0.2) is 0 Å². The third kappa shape index (κ3) is 3.45. The highest BCUT2D eigenvalue weighted by molar-refractivity contribution is 5.86. The van der Waals surface area contributed by atoms with E-state index in [9.17, 15) is 9.59 Å². The lowest BCUT2D eigenvalue weighted by Gasteiger charge is -2.33. The van der Waals surface area contributed by atoms with E-state index in [0.717, 1.165) is 32.1 Å². The van der Waals surface area contributed by atoms with Crippen molar-refractivity contribution in [2.24, 2.45) is 11.3 Å². The second kappa shape index (κ2) is 5.52. The van der Waals surface area contributed by atoms with Crippen molar-refractivity contribution in [1.82, 2.24) is 4.90 Å². The Morgan fingerprint density at radius 3 is 2.24 bits per heavy atom. The summed E-state index contributed by atoms with van der Waals surface area (Å²) in [6, 6.07) is 0. The SMILES string of the molecule is CC(C)CC1(C(=O)N(C)CC(=O)O)CCCC1. The number of likely N-dealkylation sites (N-methyl/N-ethyl adjacent to an activating group) is 1. The fourth-order valence-corrected chi connectivity index (χ4v) is 3.02. The molecule has 0 heterocycles. The molecule has 1 saturated carbocycles. The molecule has 0 bridgehead atoms. The molecule has 0 aromatic rings. The molecule has 0 saturated heterocycles. The molecule has 1 aliphatic rings. The predicted molar refractivity (Wildman–Crippen MR) is 65.6 cm³/mol. The van der Waals surface area contributed by atoms with E-state index >= 15 is 0 Å². The highest BCUT2D eigenvalue weighted by atomic mass is 16.4. The van der Waals surface area contributed by atoms with Gasteiger partial charge in [-0.1, -0.05) is 26.7 Å². The minimum Gasteiger partial charge on any atom is -0.480 e. The zero-order valence-electron chi connectivity index (χ0n) is 11.0. The van der Waals surface area contributed by atoms with Crippen LogP contribution in [0.4, 0.5) is 0 Å². The van der Waals surface area contributed by atoms with Crippen molar-refractivity contribution in [3.63, 3.8) is 0 Å². The van der Waals surface area contributed by atoms with Gasteiger partial charge in [0, 0.05) is 12.5 Å². The lowest BCUT2D eigenvalue weighted by molar-refractivity contribution is -0.149. The molecule has 0 aromatic heterocycles. The Morgan fingerprint density at radius 2 is 1.82 bits per heavy atom. The number of carbonyl (C=O) groups is 2. The second-order valence-corrected chi connectivity index (χ2v) is 5.64. The van der Waals surface area contributed by atoms with E-state index in [1.165, 1.54) is 4.90 Å². The van der Waals surface area contributed by atoms with Crippen LogP contribution in [0.3, 0.4) is 0 Å². The Kier molecular flexibility index (Phi) is 4.54. The minimum absolute atomic E-state index is 0.0195. The van der Waals surface area contributed by atoms with Gasteiger partial charge in [0.2, 0.25) is 5.91 Å². The molecule has 1 N–H and O–H groups in total. The third-order valence-electron chi connectivity index (χ3n) is 3.53. The average molecular weight is 241 g/mol. The van der Waals surface area contributed by atoms with Crippen LogP contribution in [0.15, 0.2) is 0 Å². The lowest BCUT2D eigenvalue weighted by Crippen LogP contribution is -2.43. The number of aliphatic carboxylic acids is 1. The first-order chi connectivity index (χ1) is 7.87. The van der Waals surface area contributed by atoms with E-state index in [1.54, 1.807) is 7.05 Å². The smallest absolute Gasteiger partial charge is 0.323 e. The fraction of sp³-hybridized carbons (Fsp3) is 0.846. The number of rotatable bonds is 5. The largest absolute Gasteiger partial charge is 0.480 e. The second-order valence-electron chi connectivity index (χ2n) is 5.64. The van der Waals surface area contributed by atoms with E-state index in [2.05, 4.69) is 13.8 Å². The number of amides is 1. The van der Waals surface area contributed by atoms with Crippen molar-refractivity contribution in [3.05, 3.63) is 0 Å². The number of nitrogens with zero attached hydrogens (tertiary/aromatic N) is 1. The summed E-state index contributed by atoms with van der Waals surface area (Å²) in [6.07, 6.45) is 4.86. The van der Waals surface area contributed by atoms with Crippen molar-refractivity contribution in [1.29, 1.82) is 0 Å². The van der Waals surface area contributed by atoms with Crippen LogP contribution in [0.25, 0.3) is 0 Å². The van der Waals surface area contributed by atoms with Crippen molar-refractivity contribution in [2.45, 2.75) is 46.0 Å².